The van der Waals surface area contributed by atoms with Crippen LogP contribution in [0.4, 0.5) is 35.0 Å². The first-order chi connectivity index (χ1) is 15.6. The predicted octanol–water partition coefficient (Wildman–Crippen LogP) is 6.01. The van der Waals surface area contributed by atoms with Crippen molar-refractivity contribution in [2.24, 2.45) is 5.92 Å². The molecule has 0 unspecified atom stereocenters. The van der Waals surface area contributed by atoms with Gasteiger partial charge in [0, 0.05) is 11.6 Å². The summed E-state index contributed by atoms with van der Waals surface area (Å²) in [5, 5.41) is 15.5. The van der Waals surface area contributed by atoms with Gasteiger partial charge < -0.3 is 20.5 Å². The van der Waals surface area contributed by atoms with Crippen molar-refractivity contribution in [1.29, 1.82) is 0 Å². The van der Waals surface area contributed by atoms with E-state index in [0.717, 1.165) is 6.07 Å². The molecular formula is C22H21ClF4N4O2. The SMILES string of the molecule is CC(C)[C@@H](CO)Nc1nc(Nc2c(F)cccc2Cl)cc(-c2cccc(OC(F)(F)F)c2)n1. The summed E-state index contributed by atoms with van der Waals surface area (Å²) < 4.78 is 56.2. The van der Waals surface area contributed by atoms with E-state index in [-0.39, 0.29) is 40.7 Å². The Morgan fingerprint density at radius 3 is 2.45 bits per heavy atom. The summed E-state index contributed by atoms with van der Waals surface area (Å²) in [4.78, 5) is 8.67. The van der Waals surface area contributed by atoms with Gasteiger partial charge in [-0.3, -0.25) is 0 Å². The van der Waals surface area contributed by atoms with E-state index in [1.54, 1.807) is 6.07 Å². The van der Waals surface area contributed by atoms with Gasteiger partial charge in [0.15, 0.2) is 0 Å². The summed E-state index contributed by atoms with van der Waals surface area (Å²) in [6.45, 7) is 3.56. The standard InChI is InChI=1S/C22H21ClF4N4O2/c1-12(2)18(11-32)29-21-28-17(13-5-3-6-14(9-13)33-22(25,26)27)10-19(31-21)30-20-15(23)7-4-8-16(20)24/h3-10,12,18,32H,11H2,1-2H3,(H2,28,29,30,31)/t18-/m1/s1. The van der Waals surface area contributed by atoms with Crippen LogP contribution in [0, 0.1) is 11.7 Å². The zero-order valence-electron chi connectivity index (χ0n) is 17.6. The number of aromatic nitrogens is 2. The highest BCUT2D eigenvalue weighted by Crippen LogP contribution is 2.32. The number of benzene rings is 2. The molecule has 0 aliphatic heterocycles. The molecule has 1 aromatic heterocycles. The normalized spacial score (nSPS) is 12.5. The molecule has 33 heavy (non-hydrogen) atoms. The van der Waals surface area contributed by atoms with Crippen LogP contribution in [0.15, 0.2) is 48.5 Å². The highest BCUT2D eigenvalue weighted by Gasteiger charge is 2.31. The van der Waals surface area contributed by atoms with Crippen LogP contribution >= 0.6 is 11.6 Å². The van der Waals surface area contributed by atoms with Crippen molar-refractivity contribution < 1.29 is 27.4 Å². The molecule has 0 bridgehead atoms. The number of aliphatic hydroxyl groups excluding tert-OH is 1. The second kappa shape index (κ2) is 10.2. The van der Waals surface area contributed by atoms with Gasteiger partial charge in [-0.25, -0.2) is 9.37 Å². The third-order valence-electron chi connectivity index (χ3n) is 4.62. The van der Waals surface area contributed by atoms with E-state index < -0.39 is 24.0 Å². The zero-order chi connectivity index (χ0) is 24.2. The van der Waals surface area contributed by atoms with Crippen molar-refractivity contribution in [3.63, 3.8) is 0 Å². The molecule has 1 atom stereocenters. The minimum atomic E-state index is -4.85. The molecule has 0 fully saturated rings. The fourth-order valence-electron chi connectivity index (χ4n) is 2.91. The van der Waals surface area contributed by atoms with Crippen molar-refractivity contribution in [3.8, 4) is 17.0 Å². The lowest BCUT2D eigenvalue weighted by atomic mass is 10.1. The molecule has 3 rings (SSSR count). The average molecular weight is 485 g/mol. The lowest BCUT2D eigenvalue weighted by Crippen LogP contribution is -2.30. The number of rotatable bonds is 8. The van der Waals surface area contributed by atoms with Crippen molar-refractivity contribution in [2.75, 3.05) is 17.2 Å². The van der Waals surface area contributed by atoms with E-state index in [0.29, 0.717) is 5.56 Å². The Kier molecular flexibility index (Phi) is 7.60. The molecule has 176 valence electrons. The van der Waals surface area contributed by atoms with Crippen molar-refractivity contribution in [1.82, 2.24) is 9.97 Å². The maximum Gasteiger partial charge on any atom is 0.573 e. The van der Waals surface area contributed by atoms with E-state index in [9.17, 15) is 22.7 Å². The molecular weight excluding hydrogens is 464 g/mol. The Morgan fingerprint density at radius 1 is 1.09 bits per heavy atom. The molecule has 0 saturated heterocycles. The van der Waals surface area contributed by atoms with Gasteiger partial charge in [-0.1, -0.05) is 43.6 Å². The average Bonchev–Trinajstić information content (AvgIpc) is 2.73. The van der Waals surface area contributed by atoms with Crippen molar-refractivity contribution >= 4 is 29.1 Å². The number of hydrogen-bond donors (Lipinski definition) is 3. The molecule has 0 aliphatic rings. The lowest BCUT2D eigenvalue weighted by Gasteiger charge is -2.21. The molecule has 11 heteroatoms. The number of nitrogens with zero attached hydrogens (tertiary/aromatic N) is 2. The minimum absolute atomic E-state index is 0.0168. The number of para-hydroxylation sites is 1. The third kappa shape index (κ3) is 6.69. The molecule has 3 aromatic rings. The molecule has 0 saturated carbocycles. The van der Waals surface area contributed by atoms with Crippen LogP contribution < -0.4 is 15.4 Å². The summed E-state index contributed by atoms with van der Waals surface area (Å²) in [6, 6.07) is 10.5. The van der Waals surface area contributed by atoms with Gasteiger partial charge in [0.25, 0.3) is 0 Å². The largest absolute Gasteiger partial charge is 0.573 e. The highest BCUT2D eigenvalue weighted by molar-refractivity contribution is 6.33. The summed E-state index contributed by atoms with van der Waals surface area (Å²) in [5.41, 5.74) is 0.511. The van der Waals surface area contributed by atoms with Crippen LogP contribution in [0.3, 0.4) is 0 Å². The molecule has 1 heterocycles. The van der Waals surface area contributed by atoms with Gasteiger partial charge in [-0.05, 0) is 30.2 Å². The number of hydrogen-bond acceptors (Lipinski definition) is 6. The minimum Gasteiger partial charge on any atom is -0.406 e. The van der Waals surface area contributed by atoms with Gasteiger partial charge in [0.05, 0.1) is 29.1 Å². The van der Waals surface area contributed by atoms with Gasteiger partial charge in [-0.2, -0.15) is 4.98 Å². The number of ether oxygens (including phenoxy) is 1. The Balaban J connectivity index is 2.05. The molecule has 0 radical (unpaired) electrons. The van der Waals surface area contributed by atoms with E-state index in [4.69, 9.17) is 11.6 Å². The maximum atomic E-state index is 14.3. The van der Waals surface area contributed by atoms with Crippen molar-refractivity contribution in [3.05, 3.63) is 59.4 Å². The van der Waals surface area contributed by atoms with Crippen molar-refractivity contribution in [2.45, 2.75) is 26.3 Å². The number of nitrogens with one attached hydrogen (secondary N) is 2. The van der Waals surface area contributed by atoms with Crippen LogP contribution in [-0.4, -0.2) is 34.1 Å². The quantitative estimate of drug-likeness (QED) is 0.340. The first kappa shape index (κ1) is 24.5. The van der Waals surface area contributed by atoms with Crippen LogP contribution in [0.25, 0.3) is 11.3 Å². The lowest BCUT2D eigenvalue weighted by molar-refractivity contribution is -0.274. The van der Waals surface area contributed by atoms with E-state index >= 15 is 0 Å². The monoisotopic (exact) mass is 484 g/mol. The van der Waals surface area contributed by atoms with Crippen LogP contribution in [0.5, 0.6) is 5.75 Å². The molecule has 2 aromatic carbocycles. The molecule has 0 amide bonds. The maximum absolute atomic E-state index is 14.3. The Labute approximate surface area is 192 Å². The molecule has 3 N–H and O–H groups in total. The summed E-state index contributed by atoms with van der Waals surface area (Å²) in [7, 11) is 0. The fourth-order valence-corrected chi connectivity index (χ4v) is 3.12. The highest BCUT2D eigenvalue weighted by atomic mass is 35.5. The van der Waals surface area contributed by atoms with Gasteiger partial charge >= 0.3 is 6.36 Å². The Hall–Kier alpha value is -3.11. The molecule has 6 nitrogen and oxygen atoms in total. The second-order valence-corrected chi connectivity index (χ2v) is 7.84. The number of alkyl halides is 3. The van der Waals surface area contributed by atoms with Crippen LogP contribution in [0.1, 0.15) is 13.8 Å². The number of anilines is 3. The van der Waals surface area contributed by atoms with Gasteiger partial charge in [0.1, 0.15) is 17.4 Å². The summed E-state index contributed by atoms with van der Waals surface area (Å²) in [5.74, 6) is -0.805. The number of halogens is 5. The van der Waals surface area contributed by atoms with Crippen LogP contribution in [-0.2, 0) is 0 Å². The third-order valence-corrected chi connectivity index (χ3v) is 4.94. The molecule has 0 spiro atoms. The van der Waals surface area contributed by atoms with Gasteiger partial charge in [0.2, 0.25) is 5.95 Å². The topological polar surface area (TPSA) is 79.3 Å². The van der Waals surface area contributed by atoms with E-state index in [1.165, 1.54) is 36.4 Å². The fraction of sp³-hybridized carbons (Fsp3) is 0.273. The van der Waals surface area contributed by atoms with Crippen LogP contribution in [0.2, 0.25) is 5.02 Å². The summed E-state index contributed by atoms with van der Waals surface area (Å²) >= 11 is 6.09. The Morgan fingerprint density at radius 2 is 1.82 bits per heavy atom. The zero-order valence-corrected chi connectivity index (χ0v) is 18.4. The van der Waals surface area contributed by atoms with E-state index in [2.05, 4.69) is 25.3 Å². The predicted molar refractivity (Wildman–Crippen MR) is 118 cm³/mol. The molecule has 0 aliphatic carbocycles. The first-order valence-corrected chi connectivity index (χ1v) is 10.3. The smallest absolute Gasteiger partial charge is 0.406 e. The van der Waals surface area contributed by atoms with E-state index in [1.807, 2.05) is 13.8 Å². The summed E-state index contributed by atoms with van der Waals surface area (Å²) in [6.07, 6.45) is -4.85. The second-order valence-electron chi connectivity index (χ2n) is 7.44. The first-order valence-electron chi connectivity index (χ1n) is 9.89. The number of aliphatic hydroxyl groups is 1. The van der Waals surface area contributed by atoms with Gasteiger partial charge in [-0.15, -0.1) is 13.2 Å². The Bertz CT molecular complexity index is 1090.